The van der Waals surface area contributed by atoms with Crippen LogP contribution < -0.4 is 0 Å². The van der Waals surface area contributed by atoms with Crippen LogP contribution in [0.2, 0.25) is 0 Å². The van der Waals surface area contributed by atoms with Crippen molar-refractivity contribution in [3.63, 3.8) is 0 Å². The molecule has 1 fully saturated rings. The van der Waals surface area contributed by atoms with Gasteiger partial charge in [-0.25, -0.2) is 0 Å². The van der Waals surface area contributed by atoms with E-state index in [1.807, 2.05) is 30.8 Å². The van der Waals surface area contributed by atoms with Crippen molar-refractivity contribution in [2.45, 2.75) is 13.5 Å². The molecule has 1 saturated heterocycles. The summed E-state index contributed by atoms with van der Waals surface area (Å²) >= 11 is 0. The lowest BCUT2D eigenvalue weighted by molar-refractivity contribution is -0.142. The lowest BCUT2D eigenvalue weighted by Crippen LogP contribution is -2.23. The van der Waals surface area contributed by atoms with Gasteiger partial charge in [-0.2, -0.15) is 5.10 Å². The van der Waals surface area contributed by atoms with Crippen LogP contribution in [0.1, 0.15) is 12.6 Å². The van der Waals surface area contributed by atoms with Crippen LogP contribution in [0.15, 0.2) is 24.3 Å². The van der Waals surface area contributed by atoms with E-state index >= 15 is 0 Å². The van der Waals surface area contributed by atoms with Gasteiger partial charge in [-0.05, 0) is 12.0 Å². The number of rotatable bonds is 3. The van der Waals surface area contributed by atoms with Gasteiger partial charge in [-0.15, -0.1) is 0 Å². The van der Waals surface area contributed by atoms with Crippen molar-refractivity contribution in [2.24, 2.45) is 18.9 Å². The molecule has 2 aromatic rings. The Morgan fingerprint density at radius 2 is 2.15 bits per heavy atom. The second-order valence-electron chi connectivity index (χ2n) is 5.70. The van der Waals surface area contributed by atoms with Crippen LogP contribution in [0.3, 0.4) is 0 Å². The summed E-state index contributed by atoms with van der Waals surface area (Å²) in [7, 11) is 1.94. The highest BCUT2D eigenvalue weighted by atomic mass is 16.4. The third-order valence-corrected chi connectivity index (χ3v) is 4.21. The number of carboxylic acids is 1. The zero-order valence-electron chi connectivity index (χ0n) is 11.8. The number of likely N-dealkylation sites (tertiary alicyclic amines) is 1. The van der Waals surface area contributed by atoms with Crippen LogP contribution in [0.4, 0.5) is 0 Å². The van der Waals surface area contributed by atoms with Crippen molar-refractivity contribution in [3.8, 4) is 0 Å². The number of hydrogen-bond donors (Lipinski definition) is 1. The molecule has 1 aromatic heterocycles. The first-order valence-corrected chi connectivity index (χ1v) is 6.92. The molecule has 0 amide bonds. The maximum absolute atomic E-state index is 11.2. The number of aryl methyl sites for hydroxylation is 1. The monoisotopic (exact) mass is 273 g/mol. The van der Waals surface area contributed by atoms with Gasteiger partial charge in [0.15, 0.2) is 0 Å². The molecule has 2 atom stereocenters. The van der Waals surface area contributed by atoms with Gasteiger partial charge in [-0.1, -0.05) is 25.1 Å². The summed E-state index contributed by atoms with van der Waals surface area (Å²) in [6, 6.07) is 8.15. The van der Waals surface area contributed by atoms with Crippen LogP contribution in [0.25, 0.3) is 10.9 Å². The highest BCUT2D eigenvalue weighted by Gasteiger charge is 2.34. The van der Waals surface area contributed by atoms with Crippen molar-refractivity contribution in [1.82, 2.24) is 14.7 Å². The summed E-state index contributed by atoms with van der Waals surface area (Å²) in [5.41, 5.74) is 2.14. The number of benzene rings is 1. The predicted octanol–water partition coefficient (Wildman–Crippen LogP) is 1.73. The molecule has 5 nitrogen and oxygen atoms in total. The molecule has 0 radical (unpaired) electrons. The molecule has 2 unspecified atom stereocenters. The zero-order chi connectivity index (χ0) is 14.3. The lowest BCUT2D eigenvalue weighted by Gasteiger charge is -2.13. The Bertz CT molecular complexity index is 650. The van der Waals surface area contributed by atoms with Gasteiger partial charge in [-0.3, -0.25) is 14.4 Å². The predicted molar refractivity (Wildman–Crippen MR) is 76.3 cm³/mol. The average Bonchev–Trinajstić information content (AvgIpc) is 2.92. The molecule has 1 aliphatic heterocycles. The number of para-hydroxylation sites is 1. The van der Waals surface area contributed by atoms with Gasteiger partial charge in [0.2, 0.25) is 0 Å². The molecule has 106 valence electrons. The van der Waals surface area contributed by atoms with Crippen LogP contribution >= 0.6 is 0 Å². The largest absolute Gasteiger partial charge is 0.481 e. The van der Waals surface area contributed by atoms with Crippen molar-refractivity contribution in [2.75, 3.05) is 13.1 Å². The third kappa shape index (κ3) is 2.18. The summed E-state index contributed by atoms with van der Waals surface area (Å²) in [6.07, 6.45) is 0. The van der Waals surface area contributed by atoms with E-state index < -0.39 is 5.97 Å². The van der Waals surface area contributed by atoms with Crippen LogP contribution in [-0.4, -0.2) is 38.8 Å². The van der Waals surface area contributed by atoms with Gasteiger partial charge < -0.3 is 5.11 Å². The number of aliphatic carboxylic acids is 1. The molecule has 2 heterocycles. The molecule has 5 heteroatoms. The number of nitrogens with zero attached hydrogens (tertiary/aromatic N) is 3. The topological polar surface area (TPSA) is 58.4 Å². The molecule has 1 N–H and O–H groups in total. The molecule has 0 spiro atoms. The van der Waals surface area contributed by atoms with Crippen LogP contribution in [0, 0.1) is 11.8 Å². The first-order valence-electron chi connectivity index (χ1n) is 6.92. The highest BCUT2D eigenvalue weighted by molar-refractivity contribution is 5.81. The normalized spacial score (nSPS) is 23.5. The molecule has 20 heavy (non-hydrogen) atoms. The molecule has 0 bridgehead atoms. The second kappa shape index (κ2) is 4.90. The number of aromatic nitrogens is 2. The maximum Gasteiger partial charge on any atom is 0.308 e. The Balaban J connectivity index is 1.83. The summed E-state index contributed by atoms with van der Waals surface area (Å²) in [5, 5.41) is 14.9. The summed E-state index contributed by atoms with van der Waals surface area (Å²) in [6.45, 7) is 4.16. The van der Waals surface area contributed by atoms with E-state index in [-0.39, 0.29) is 11.8 Å². The maximum atomic E-state index is 11.2. The van der Waals surface area contributed by atoms with Crippen molar-refractivity contribution >= 4 is 16.9 Å². The van der Waals surface area contributed by atoms with Crippen LogP contribution in [0.5, 0.6) is 0 Å². The smallest absolute Gasteiger partial charge is 0.308 e. The Labute approximate surface area is 117 Å². The molecule has 0 saturated carbocycles. The number of hydrogen-bond acceptors (Lipinski definition) is 3. The van der Waals surface area contributed by atoms with Crippen LogP contribution in [-0.2, 0) is 18.4 Å². The van der Waals surface area contributed by atoms with Crippen molar-refractivity contribution in [1.29, 1.82) is 0 Å². The van der Waals surface area contributed by atoms with Crippen molar-refractivity contribution in [3.05, 3.63) is 30.0 Å². The summed E-state index contributed by atoms with van der Waals surface area (Å²) in [5.74, 6) is -0.752. The quantitative estimate of drug-likeness (QED) is 0.925. The van der Waals surface area contributed by atoms with Gasteiger partial charge in [0, 0.05) is 32.1 Å². The number of carboxylic acid groups (broad SMARTS) is 1. The highest BCUT2D eigenvalue weighted by Crippen LogP contribution is 2.26. The van der Waals surface area contributed by atoms with Crippen molar-refractivity contribution < 1.29 is 9.90 Å². The lowest BCUT2D eigenvalue weighted by atomic mass is 9.99. The first kappa shape index (κ1) is 13.1. The average molecular weight is 273 g/mol. The van der Waals surface area contributed by atoms with Gasteiger partial charge in [0.1, 0.15) is 0 Å². The zero-order valence-corrected chi connectivity index (χ0v) is 11.8. The SMILES string of the molecule is CC1CN(Cc2nn(C)c3ccccc23)CC1C(=O)O. The second-order valence-corrected chi connectivity index (χ2v) is 5.70. The molecule has 1 aromatic carbocycles. The standard InChI is InChI=1S/C15H19N3O2/c1-10-7-18(8-12(10)15(19)20)9-13-11-5-3-4-6-14(11)17(2)16-13/h3-6,10,12H,7-9H2,1-2H3,(H,19,20). The van der Waals surface area contributed by atoms with Gasteiger partial charge in [0.25, 0.3) is 0 Å². The van der Waals surface area contributed by atoms with E-state index in [1.54, 1.807) is 0 Å². The van der Waals surface area contributed by atoms with E-state index in [0.29, 0.717) is 6.54 Å². The summed E-state index contributed by atoms with van der Waals surface area (Å²) in [4.78, 5) is 13.4. The first-order chi connectivity index (χ1) is 9.56. The Hall–Kier alpha value is -1.88. The summed E-state index contributed by atoms with van der Waals surface area (Å²) < 4.78 is 1.89. The molecule has 3 rings (SSSR count). The molecule has 0 aliphatic carbocycles. The van der Waals surface area contributed by atoms with E-state index in [1.165, 1.54) is 0 Å². The Morgan fingerprint density at radius 1 is 1.40 bits per heavy atom. The van der Waals surface area contributed by atoms with E-state index in [4.69, 9.17) is 0 Å². The minimum atomic E-state index is -0.689. The molecular weight excluding hydrogens is 254 g/mol. The minimum Gasteiger partial charge on any atom is -0.481 e. The van der Waals surface area contributed by atoms with Gasteiger partial charge >= 0.3 is 5.97 Å². The molecule has 1 aliphatic rings. The number of carbonyl (C=O) groups is 1. The minimum absolute atomic E-state index is 0.197. The van der Waals surface area contributed by atoms with E-state index in [9.17, 15) is 9.90 Å². The molecular formula is C15H19N3O2. The third-order valence-electron chi connectivity index (χ3n) is 4.21. The number of fused-ring (bicyclic) bond motifs is 1. The Kier molecular flexibility index (Phi) is 3.22. The van der Waals surface area contributed by atoms with E-state index in [0.717, 1.165) is 29.7 Å². The fraction of sp³-hybridized carbons (Fsp3) is 0.467. The van der Waals surface area contributed by atoms with Gasteiger partial charge in [0.05, 0.1) is 17.1 Å². The van der Waals surface area contributed by atoms with E-state index in [2.05, 4.69) is 22.1 Å². The fourth-order valence-corrected chi connectivity index (χ4v) is 3.14. The fourth-order valence-electron chi connectivity index (χ4n) is 3.14. The Morgan fingerprint density at radius 3 is 2.85 bits per heavy atom.